The number of rotatable bonds is 5. The number of hydrogen-bond donors (Lipinski definition) is 2. The first-order valence-electron chi connectivity index (χ1n) is 5.92. The van der Waals surface area contributed by atoms with Gasteiger partial charge in [0.2, 0.25) is 10.0 Å². The average Bonchev–Trinajstić information content (AvgIpc) is 2.82. The van der Waals surface area contributed by atoms with Gasteiger partial charge in [-0.05, 0) is 36.3 Å². The molecule has 1 aliphatic heterocycles. The fraction of sp³-hybridized carbons (Fsp3) is 0.500. The molecule has 0 saturated carbocycles. The molecule has 1 fully saturated rings. The van der Waals surface area contributed by atoms with Crippen LogP contribution in [0.1, 0.15) is 12.0 Å². The normalized spacial score (nSPS) is 20.2. The van der Waals surface area contributed by atoms with E-state index in [0.717, 1.165) is 23.5 Å². The summed E-state index contributed by atoms with van der Waals surface area (Å²) in [4.78, 5) is 0.293. The van der Waals surface area contributed by atoms with Gasteiger partial charge in [-0.1, -0.05) is 12.1 Å². The fourth-order valence-corrected chi connectivity index (χ4v) is 4.41. The number of sulfonamides is 1. The summed E-state index contributed by atoms with van der Waals surface area (Å²) >= 11 is 1.77. The van der Waals surface area contributed by atoms with Crippen molar-refractivity contribution in [2.75, 3.05) is 18.1 Å². The monoisotopic (exact) mass is 287 g/mol. The molecular formula is C12H17NO3S2. The number of hydrogen-bond acceptors (Lipinski definition) is 4. The van der Waals surface area contributed by atoms with Gasteiger partial charge in [-0.3, -0.25) is 0 Å². The first kappa shape index (κ1) is 13.9. The van der Waals surface area contributed by atoms with E-state index in [4.69, 9.17) is 5.11 Å². The molecule has 1 heterocycles. The van der Waals surface area contributed by atoms with Crippen molar-refractivity contribution < 1.29 is 13.5 Å². The lowest BCUT2D eigenvalue weighted by Crippen LogP contribution is -2.34. The first-order valence-corrected chi connectivity index (χ1v) is 8.55. The van der Waals surface area contributed by atoms with Gasteiger partial charge in [0.15, 0.2) is 0 Å². The van der Waals surface area contributed by atoms with Crippen LogP contribution in [-0.2, 0) is 16.4 Å². The Hall–Kier alpha value is -0.560. The molecule has 1 aliphatic rings. The predicted octanol–water partition coefficient (Wildman–Crippen LogP) is 1.01. The maximum atomic E-state index is 12.1. The molecule has 6 heteroatoms. The van der Waals surface area contributed by atoms with E-state index in [-0.39, 0.29) is 12.6 Å². The zero-order valence-electron chi connectivity index (χ0n) is 10.0. The Balaban J connectivity index is 2.08. The van der Waals surface area contributed by atoms with Gasteiger partial charge in [-0.15, -0.1) is 0 Å². The van der Waals surface area contributed by atoms with Crippen molar-refractivity contribution in [2.45, 2.75) is 23.8 Å². The minimum absolute atomic E-state index is 0.0529. The van der Waals surface area contributed by atoms with Crippen molar-refractivity contribution in [1.82, 2.24) is 4.72 Å². The summed E-state index contributed by atoms with van der Waals surface area (Å²) in [5.74, 6) is 1.87. The van der Waals surface area contributed by atoms with Crippen LogP contribution in [0.3, 0.4) is 0 Å². The number of nitrogens with one attached hydrogen (secondary N) is 1. The topological polar surface area (TPSA) is 66.4 Å². The molecule has 2 N–H and O–H groups in total. The lowest BCUT2D eigenvalue weighted by molar-refractivity contribution is 0.299. The third-order valence-electron chi connectivity index (χ3n) is 2.89. The summed E-state index contributed by atoms with van der Waals surface area (Å²) in [6.45, 7) is 0.0731. The fourth-order valence-electron chi connectivity index (χ4n) is 1.88. The molecule has 1 saturated heterocycles. The molecule has 0 amide bonds. The van der Waals surface area contributed by atoms with Gasteiger partial charge in [0, 0.05) is 18.4 Å². The summed E-state index contributed by atoms with van der Waals surface area (Å²) in [5, 5.41) is 8.81. The maximum absolute atomic E-state index is 12.1. The zero-order chi connectivity index (χ0) is 13.0. The predicted molar refractivity (Wildman–Crippen MR) is 73.3 cm³/mol. The number of aliphatic hydroxyl groups is 1. The Kier molecular flexibility index (Phi) is 4.66. The van der Waals surface area contributed by atoms with Gasteiger partial charge >= 0.3 is 0 Å². The van der Waals surface area contributed by atoms with Gasteiger partial charge in [0.1, 0.15) is 0 Å². The van der Waals surface area contributed by atoms with E-state index in [0.29, 0.717) is 11.3 Å². The molecule has 0 aromatic heterocycles. The largest absolute Gasteiger partial charge is 0.396 e. The van der Waals surface area contributed by atoms with Crippen LogP contribution in [0, 0.1) is 0 Å². The van der Waals surface area contributed by atoms with Crippen LogP contribution in [0.4, 0.5) is 0 Å². The second-order valence-corrected chi connectivity index (χ2v) is 7.16. The van der Waals surface area contributed by atoms with E-state index in [1.807, 2.05) is 0 Å². The van der Waals surface area contributed by atoms with Crippen LogP contribution < -0.4 is 4.72 Å². The van der Waals surface area contributed by atoms with Gasteiger partial charge < -0.3 is 5.11 Å². The van der Waals surface area contributed by atoms with Crippen LogP contribution in [0.15, 0.2) is 29.2 Å². The van der Waals surface area contributed by atoms with E-state index in [9.17, 15) is 8.42 Å². The third kappa shape index (κ3) is 3.47. The third-order valence-corrected chi connectivity index (χ3v) is 5.58. The molecule has 18 heavy (non-hydrogen) atoms. The summed E-state index contributed by atoms with van der Waals surface area (Å²) < 4.78 is 26.9. The Morgan fingerprint density at radius 3 is 2.61 bits per heavy atom. The molecule has 0 radical (unpaired) electrons. The van der Waals surface area contributed by atoms with Crippen LogP contribution in [0.25, 0.3) is 0 Å². The SMILES string of the molecule is O=S(=O)(NC1CCSC1)c1ccc(CCO)cc1. The smallest absolute Gasteiger partial charge is 0.240 e. The van der Waals surface area contributed by atoms with Crippen molar-refractivity contribution in [1.29, 1.82) is 0 Å². The highest BCUT2D eigenvalue weighted by molar-refractivity contribution is 7.99. The summed E-state index contributed by atoms with van der Waals surface area (Å²) in [6.07, 6.45) is 1.44. The molecule has 0 aliphatic carbocycles. The Morgan fingerprint density at radius 1 is 1.33 bits per heavy atom. The average molecular weight is 287 g/mol. The molecule has 1 aromatic rings. The van der Waals surface area contributed by atoms with E-state index in [2.05, 4.69) is 4.72 Å². The van der Waals surface area contributed by atoms with E-state index < -0.39 is 10.0 Å². The molecule has 1 aromatic carbocycles. The van der Waals surface area contributed by atoms with Crippen LogP contribution in [-0.4, -0.2) is 37.7 Å². The van der Waals surface area contributed by atoms with Crippen LogP contribution in [0.2, 0.25) is 0 Å². The zero-order valence-corrected chi connectivity index (χ0v) is 11.6. The summed E-state index contributed by atoms with van der Waals surface area (Å²) in [6, 6.07) is 6.73. The highest BCUT2D eigenvalue weighted by Crippen LogP contribution is 2.19. The maximum Gasteiger partial charge on any atom is 0.240 e. The number of thioether (sulfide) groups is 1. The van der Waals surface area contributed by atoms with Crippen LogP contribution >= 0.6 is 11.8 Å². The van der Waals surface area contributed by atoms with Crippen molar-refractivity contribution in [3.63, 3.8) is 0 Å². The molecule has 0 spiro atoms. The molecule has 1 atom stereocenters. The van der Waals surface area contributed by atoms with E-state index in [1.54, 1.807) is 36.0 Å². The second-order valence-electron chi connectivity index (χ2n) is 4.30. The van der Waals surface area contributed by atoms with Crippen molar-refractivity contribution in [2.24, 2.45) is 0 Å². The molecule has 0 bridgehead atoms. The summed E-state index contributed by atoms with van der Waals surface area (Å²) in [7, 11) is -3.40. The molecule has 100 valence electrons. The van der Waals surface area contributed by atoms with Crippen molar-refractivity contribution >= 4 is 21.8 Å². The molecular weight excluding hydrogens is 270 g/mol. The first-order chi connectivity index (χ1) is 8.62. The van der Waals surface area contributed by atoms with E-state index in [1.165, 1.54) is 0 Å². The Morgan fingerprint density at radius 2 is 2.06 bits per heavy atom. The molecule has 2 rings (SSSR count). The Labute approximate surface area is 112 Å². The van der Waals surface area contributed by atoms with Crippen molar-refractivity contribution in [3.8, 4) is 0 Å². The lowest BCUT2D eigenvalue weighted by atomic mass is 10.2. The van der Waals surface area contributed by atoms with Crippen LogP contribution in [0.5, 0.6) is 0 Å². The number of aliphatic hydroxyl groups excluding tert-OH is 1. The minimum atomic E-state index is -3.40. The lowest BCUT2D eigenvalue weighted by Gasteiger charge is -2.12. The standard InChI is InChI=1S/C12H17NO3S2/c14-7-5-10-1-3-12(4-2-10)18(15,16)13-11-6-8-17-9-11/h1-4,11,13-14H,5-9H2. The second kappa shape index (κ2) is 6.06. The van der Waals surface area contributed by atoms with Gasteiger partial charge in [0.25, 0.3) is 0 Å². The van der Waals surface area contributed by atoms with Crippen molar-refractivity contribution in [3.05, 3.63) is 29.8 Å². The van der Waals surface area contributed by atoms with E-state index >= 15 is 0 Å². The van der Waals surface area contributed by atoms with Gasteiger partial charge in [-0.25, -0.2) is 13.1 Å². The molecule has 1 unspecified atom stereocenters. The quantitative estimate of drug-likeness (QED) is 0.848. The number of benzene rings is 1. The Bertz CT molecular complexity index is 479. The highest BCUT2D eigenvalue weighted by Gasteiger charge is 2.22. The highest BCUT2D eigenvalue weighted by atomic mass is 32.2. The van der Waals surface area contributed by atoms with Gasteiger partial charge in [0.05, 0.1) is 4.90 Å². The molecule has 4 nitrogen and oxygen atoms in total. The minimum Gasteiger partial charge on any atom is -0.396 e. The van der Waals surface area contributed by atoms with Gasteiger partial charge in [-0.2, -0.15) is 11.8 Å². The summed E-state index contributed by atoms with van der Waals surface area (Å²) in [5.41, 5.74) is 0.938.